The summed E-state index contributed by atoms with van der Waals surface area (Å²) in [7, 11) is 0. The van der Waals surface area contributed by atoms with Gasteiger partial charge in [0.25, 0.3) is 0 Å². The van der Waals surface area contributed by atoms with Crippen molar-refractivity contribution >= 4 is 27.2 Å². The molecular formula is C24H33N5. The molecule has 0 radical (unpaired) electrons. The van der Waals surface area contributed by atoms with Crippen LogP contribution in [0.15, 0.2) is 54.6 Å². The Morgan fingerprint density at radius 2 is 0.931 bits per heavy atom. The minimum Gasteiger partial charge on any atom is -0.368 e. The molecule has 5 heteroatoms. The third kappa shape index (κ3) is 5.25. The lowest BCUT2D eigenvalue weighted by Crippen LogP contribution is -2.39. The Kier molecular flexibility index (Phi) is 7.32. The number of benzene rings is 3. The maximum atomic E-state index is 3.61. The first kappa shape index (κ1) is 20.1. The summed E-state index contributed by atoms with van der Waals surface area (Å²) < 4.78 is 0. The van der Waals surface area contributed by atoms with Crippen molar-refractivity contribution in [2.24, 2.45) is 0 Å². The molecule has 0 spiro atoms. The molecule has 0 bridgehead atoms. The molecule has 0 aromatic heterocycles. The number of hydrogen-bond acceptors (Lipinski definition) is 5. The second kappa shape index (κ2) is 10.6. The summed E-state index contributed by atoms with van der Waals surface area (Å²) in [5.41, 5.74) is 1.36. The average Bonchev–Trinajstić information content (AvgIpc) is 2.77. The van der Waals surface area contributed by atoms with Crippen molar-refractivity contribution in [1.82, 2.24) is 21.3 Å². The highest BCUT2D eigenvalue weighted by Gasteiger charge is 2.14. The summed E-state index contributed by atoms with van der Waals surface area (Å²) in [5, 5.41) is 19.5. The molecule has 0 unspecified atom stereocenters. The summed E-state index contributed by atoms with van der Waals surface area (Å²) >= 11 is 0. The van der Waals surface area contributed by atoms with E-state index in [1.807, 2.05) is 0 Å². The van der Waals surface area contributed by atoms with Crippen LogP contribution < -0.4 is 26.2 Å². The maximum absolute atomic E-state index is 3.61. The van der Waals surface area contributed by atoms with E-state index in [-0.39, 0.29) is 0 Å². The predicted octanol–water partition coefficient (Wildman–Crippen LogP) is 2.17. The Morgan fingerprint density at radius 3 is 1.41 bits per heavy atom. The summed E-state index contributed by atoms with van der Waals surface area (Å²) in [6.07, 6.45) is 0. The van der Waals surface area contributed by atoms with Gasteiger partial charge in [0.05, 0.1) is 5.69 Å². The molecule has 0 amide bonds. The molecule has 1 aliphatic heterocycles. The van der Waals surface area contributed by atoms with Crippen LogP contribution in [0.25, 0.3) is 21.5 Å². The van der Waals surface area contributed by atoms with Crippen LogP contribution in [0.1, 0.15) is 0 Å². The zero-order valence-electron chi connectivity index (χ0n) is 17.2. The number of hydrogen-bond donors (Lipinski definition) is 4. The zero-order valence-corrected chi connectivity index (χ0v) is 17.2. The van der Waals surface area contributed by atoms with Crippen LogP contribution in [0.3, 0.4) is 0 Å². The van der Waals surface area contributed by atoms with Gasteiger partial charge in [-0.1, -0.05) is 48.5 Å². The number of fused-ring (bicyclic) bond motifs is 2. The van der Waals surface area contributed by atoms with E-state index < -0.39 is 0 Å². The van der Waals surface area contributed by atoms with E-state index in [9.17, 15) is 0 Å². The molecule has 29 heavy (non-hydrogen) atoms. The van der Waals surface area contributed by atoms with Crippen LogP contribution in [0.2, 0.25) is 0 Å². The van der Waals surface area contributed by atoms with Crippen LogP contribution in [0.4, 0.5) is 5.69 Å². The lowest BCUT2D eigenvalue weighted by atomic mass is 10.00. The Labute approximate surface area is 173 Å². The largest absolute Gasteiger partial charge is 0.368 e. The van der Waals surface area contributed by atoms with Crippen LogP contribution in [0, 0.1) is 0 Å². The molecule has 0 saturated carbocycles. The number of nitrogens with one attached hydrogen (secondary N) is 4. The smallest absolute Gasteiger partial charge is 0.0526 e. The molecular weight excluding hydrogens is 358 g/mol. The van der Waals surface area contributed by atoms with Crippen molar-refractivity contribution in [3.8, 4) is 0 Å². The van der Waals surface area contributed by atoms with Crippen molar-refractivity contribution in [2.45, 2.75) is 0 Å². The molecule has 154 valence electrons. The van der Waals surface area contributed by atoms with E-state index in [2.05, 4.69) is 80.8 Å². The predicted molar refractivity (Wildman–Crippen MR) is 125 cm³/mol. The monoisotopic (exact) mass is 391 g/mol. The molecule has 3 aromatic rings. The molecule has 0 atom stereocenters. The summed E-state index contributed by atoms with van der Waals surface area (Å²) in [6, 6.07) is 19.9. The van der Waals surface area contributed by atoms with Gasteiger partial charge in [-0.15, -0.1) is 0 Å². The van der Waals surface area contributed by atoms with Gasteiger partial charge in [-0.2, -0.15) is 0 Å². The van der Waals surface area contributed by atoms with Gasteiger partial charge >= 0.3 is 0 Å². The lowest BCUT2D eigenvalue weighted by molar-refractivity contribution is 0.577. The van der Waals surface area contributed by atoms with Gasteiger partial charge in [0, 0.05) is 76.2 Å². The summed E-state index contributed by atoms with van der Waals surface area (Å²) in [4.78, 5) is 2.56. The standard InChI is InChI=1S/C24H33N5/c1-3-7-22-20(5-1)19-21-6-2-4-8-23(21)24(22)29-17-15-27-13-11-25-9-10-26-12-14-28-16-18-29/h1-8,19,25-28H,9-18H2. The zero-order chi connectivity index (χ0) is 19.7. The lowest BCUT2D eigenvalue weighted by Gasteiger charge is -2.28. The van der Waals surface area contributed by atoms with Crippen molar-refractivity contribution in [3.63, 3.8) is 0 Å². The Balaban J connectivity index is 1.63. The fourth-order valence-corrected chi connectivity index (χ4v) is 4.12. The van der Waals surface area contributed by atoms with Gasteiger partial charge in [0.1, 0.15) is 0 Å². The van der Waals surface area contributed by atoms with Crippen LogP contribution in [0.5, 0.6) is 0 Å². The van der Waals surface area contributed by atoms with Crippen LogP contribution in [-0.2, 0) is 0 Å². The fraction of sp³-hybridized carbons (Fsp3) is 0.417. The first-order chi connectivity index (χ1) is 14.4. The molecule has 5 nitrogen and oxygen atoms in total. The van der Waals surface area contributed by atoms with Crippen molar-refractivity contribution in [1.29, 1.82) is 0 Å². The topological polar surface area (TPSA) is 51.4 Å². The molecule has 1 saturated heterocycles. The van der Waals surface area contributed by atoms with Crippen molar-refractivity contribution in [2.75, 3.05) is 70.3 Å². The van der Waals surface area contributed by atoms with E-state index in [1.165, 1.54) is 27.2 Å². The normalized spacial score (nSPS) is 18.4. The summed E-state index contributed by atoms with van der Waals surface area (Å²) in [5.74, 6) is 0. The van der Waals surface area contributed by atoms with Crippen molar-refractivity contribution < 1.29 is 0 Å². The molecule has 1 fully saturated rings. The van der Waals surface area contributed by atoms with Gasteiger partial charge < -0.3 is 26.2 Å². The van der Waals surface area contributed by atoms with E-state index in [0.29, 0.717) is 0 Å². The first-order valence-corrected chi connectivity index (χ1v) is 10.9. The third-order valence-corrected chi connectivity index (χ3v) is 5.61. The maximum Gasteiger partial charge on any atom is 0.0526 e. The molecule has 1 heterocycles. The average molecular weight is 392 g/mol. The van der Waals surface area contributed by atoms with Gasteiger partial charge in [0.2, 0.25) is 0 Å². The quantitative estimate of drug-likeness (QED) is 0.479. The van der Waals surface area contributed by atoms with Gasteiger partial charge in [-0.3, -0.25) is 0 Å². The molecule has 4 rings (SSSR count). The van der Waals surface area contributed by atoms with Crippen LogP contribution in [-0.4, -0.2) is 65.4 Å². The van der Waals surface area contributed by atoms with E-state index in [1.54, 1.807) is 0 Å². The minimum atomic E-state index is 0.984. The van der Waals surface area contributed by atoms with Crippen LogP contribution >= 0.6 is 0 Å². The third-order valence-electron chi connectivity index (χ3n) is 5.61. The van der Waals surface area contributed by atoms with E-state index in [4.69, 9.17) is 0 Å². The molecule has 4 N–H and O–H groups in total. The Hall–Kier alpha value is -2.18. The number of nitrogens with zero attached hydrogens (tertiary/aromatic N) is 1. The fourth-order valence-electron chi connectivity index (χ4n) is 4.12. The van der Waals surface area contributed by atoms with E-state index >= 15 is 0 Å². The van der Waals surface area contributed by atoms with E-state index in [0.717, 1.165) is 65.4 Å². The highest BCUT2D eigenvalue weighted by molar-refractivity contribution is 6.11. The minimum absolute atomic E-state index is 0.984. The SMILES string of the molecule is c1ccc2c(N3CCNCCNCCNCCNCC3)c3ccccc3cc2c1. The van der Waals surface area contributed by atoms with Gasteiger partial charge in [-0.05, 0) is 16.8 Å². The second-order valence-electron chi connectivity index (χ2n) is 7.65. The molecule has 1 aliphatic rings. The van der Waals surface area contributed by atoms with Gasteiger partial charge in [0.15, 0.2) is 0 Å². The summed E-state index contributed by atoms with van der Waals surface area (Å²) in [6.45, 7) is 10.0. The Bertz CT molecular complexity index is 840. The number of rotatable bonds is 1. The molecule has 0 aliphatic carbocycles. The van der Waals surface area contributed by atoms with Crippen molar-refractivity contribution in [3.05, 3.63) is 54.6 Å². The number of anilines is 1. The molecule has 3 aromatic carbocycles. The second-order valence-corrected chi connectivity index (χ2v) is 7.65. The Morgan fingerprint density at radius 1 is 0.517 bits per heavy atom. The highest BCUT2D eigenvalue weighted by Crippen LogP contribution is 2.35. The van der Waals surface area contributed by atoms with Gasteiger partial charge in [-0.25, -0.2) is 0 Å². The highest BCUT2D eigenvalue weighted by atomic mass is 15.2. The first-order valence-electron chi connectivity index (χ1n) is 10.9.